The van der Waals surface area contributed by atoms with Crippen molar-refractivity contribution in [1.82, 2.24) is 0 Å². The zero-order chi connectivity index (χ0) is 14.0. The van der Waals surface area contributed by atoms with E-state index in [1.165, 1.54) is 29.5 Å². The molecule has 98 valence electrons. The lowest BCUT2D eigenvalue weighted by molar-refractivity contribution is -0.384. The quantitative estimate of drug-likeness (QED) is 0.653. The highest BCUT2D eigenvalue weighted by Gasteiger charge is 2.15. The van der Waals surface area contributed by atoms with Crippen LogP contribution in [-0.4, -0.2) is 10.8 Å². The second-order valence-electron chi connectivity index (χ2n) is 3.48. The highest BCUT2D eigenvalue weighted by atomic mass is 79.9. The predicted molar refractivity (Wildman–Crippen MR) is 78.1 cm³/mol. The van der Waals surface area contributed by atoms with Crippen LogP contribution in [0.4, 0.5) is 11.4 Å². The summed E-state index contributed by atoms with van der Waals surface area (Å²) in [5.41, 5.74) is 0.0810. The lowest BCUT2D eigenvalue weighted by Gasteiger charge is -2.04. The van der Waals surface area contributed by atoms with Gasteiger partial charge in [0.05, 0.1) is 13.6 Å². The summed E-state index contributed by atoms with van der Waals surface area (Å²) in [6.07, 6.45) is 0. The third kappa shape index (κ3) is 3.31. The highest BCUT2D eigenvalue weighted by Crippen LogP contribution is 2.28. The third-order valence-electron chi connectivity index (χ3n) is 2.20. The van der Waals surface area contributed by atoms with Gasteiger partial charge in [0.15, 0.2) is 0 Å². The van der Waals surface area contributed by atoms with Crippen molar-refractivity contribution in [2.24, 2.45) is 0 Å². The third-order valence-corrected chi connectivity index (χ3v) is 4.14. The highest BCUT2D eigenvalue weighted by molar-refractivity contribution is 9.11. The van der Waals surface area contributed by atoms with E-state index < -0.39 is 4.92 Å². The van der Waals surface area contributed by atoms with E-state index in [1.54, 1.807) is 12.1 Å². The molecule has 19 heavy (non-hydrogen) atoms. The first-order valence-corrected chi connectivity index (χ1v) is 6.97. The Kier molecular flexibility index (Phi) is 4.18. The molecule has 0 spiro atoms. The maximum Gasteiger partial charge on any atom is 0.289 e. The van der Waals surface area contributed by atoms with Gasteiger partial charge in [0.25, 0.3) is 11.6 Å². The number of amides is 1. The van der Waals surface area contributed by atoms with Crippen LogP contribution in [0, 0.1) is 10.1 Å². The van der Waals surface area contributed by atoms with E-state index in [1.807, 2.05) is 0 Å². The Balaban J connectivity index is 2.22. The molecule has 1 aromatic carbocycles. The van der Waals surface area contributed by atoms with Crippen molar-refractivity contribution in [3.05, 3.63) is 54.1 Å². The molecule has 2 rings (SSSR count). The summed E-state index contributed by atoms with van der Waals surface area (Å²) in [5, 5.41) is 13.3. The Labute approximate surface area is 125 Å². The van der Waals surface area contributed by atoms with Crippen molar-refractivity contribution in [3.63, 3.8) is 0 Å². The molecular formula is C11H6BrClN2O3S. The van der Waals surface area contributed by atoms with Gasteiger partial charge in [0.2, 0.25) is 0 Å². The summed E-state index contributed by atoms with van der Waals surface area (Å²) in [6, 6.07) is 7.52. The summed E-state index contributed by atoms with van der Waals surface area (Å²) >= 11 is 10.2. The largest absolute Gasteiger partial charge is 0.321 e. The van der Waals surface area contributed by atoms with E-state index in [-0.39, 0.29) is 16.6 Å². The number of nitrogens with one attached hydrogen (secondary N) is 1. The van der Waals surface area contributed by atoms with E-state index >= 15 is 0 Å². The minimum absolute atomic E-state index is 0.0295. The van der Waals surface area contributed by atoms with Gasteiger partial charge >= 0.3 is 0 Å². The lowest BCUT2D eigenvalue weighted by Crippen LogP contribution is -2.10. The average Bonchev–Trinajstić information content (AvgIpc) is 2.78. The molecular weight excluding hydrogens is 356 g/mol. The molecule has 1 aromatic heterocycles. The molecule has 1 N–H and O–H groups in total. The molecule has 0 fully saturated rings. The van der Waals surface area contributed by atoms with Crippen LogP contribution < -0.4 is 5.32 Å². The standard InChI is InChI=1S/C11H6BrClN2O3S/c12-10-4-3-9(19-10)11(16)14-6-1-2-7(13)8(5-6)15(17)18/h1-5H,(H,14,16). The van der Waals surface area contributed by atoms with E-state index in [2.05, 4.69) is 21.2 Å². The van der Waals surface area contributed by atoms with Gasteiger partial charge in [-0.25, -0.2) is 0 Å². The van der Waals surface area contributed by atoms with Gasteiger partial charge in [-0.3, -0.25) is 14.9 Å². The van der Waals surface area contributed by atoms with Crippen molar-refractivity contribution in [3.8, 4) is 0 Å². The Hall–Kier alpha value is -1.44. The van der Waals surface area contributed by atoms with Crippen LogP contribution >= 0.6 is 38.9 Å². The van der Waals surface area contributed by atoms with Crippen LogP contribution in [0.2, 0.25) is 5.02 Å². The molecule has 0 aliphatic carbocycles. The first-order chi connectivity index (χ1) is 8.97. The van der Waals surface area contributed by atoms with Gasteiger partial charge < -0.3 is 5.32 Å². The first kappa shape index (κ1) is 14.0. The van der Waals surface area contributed by atoms with Crippen molar-refractivity contribution < 1.29 is 9.72 Å². The van der Waals surface area contributed by atoms with E-state index in [0.29, 0.717) is 10.6 Å². The molecule has 0 radical (unpaired) electrons. The lowest BCUT2D eigenvalue weighted by atomic mass is 10.2. The minimum atomic E-state index is -0.598. The maximum atomic E-state index is 11.9. The number of hydrogen-bond acceptors (Lipinski definition) is 4. The fourth-order valence-electron chi connectivity index (χ4n) is 1.36. The summed E-state index contributed by atoms with van der Waals surface area (Å²) in [5.74, 6) is -0.327. The van der Waals surface area contributed by atoms with Crippen LogP contribution in [0.1, 0.15) is 9.67 Å². The Morgan fingerprint density at radius 3 is 2.68 bits per heavy atom. The molecule has 2 aromatic rings. The number of carbonyl (C=O) groups excluding carboxylic acids is 1. The fourth-order valence-corrected chi connectivity index (χ4v) is 2.83. The number of rotatable bonds is 3. The first-order valence-electron chi connectivity index (χ1n) is 4.98. The summed E-state index contributed by atoms with van der Waals surface area (Å²) in [7, 11) is 0. The van der Waals surface area contributed by atoms with Gasteiger partial charge in [-0.15, -0.1) is 11.3 Å². The second kappa shape index (κ2) is 5.68. The fraction of sp³-hybridized carbons (Fsp3) is 0. The monoisotopic (exact) mass is 360 g/mol. The smallest absolute Gasteiger partial charge is 0.289 e. The summed E-state index contributed by atoms with van der Waals surface area (Å²) in [4.78, 5) is 22.5. The minimum Gasteiger partial charge on any atom is -0.321 e. The number of nitro benzene ring substituents is 1. The average molecular weight is 362 g/mol. The maximum absolute atomic E-state index is 11.9. The molecule has 0 atom stereocenters. The zero-order valence-corrected chi connectivity index (χ0v) is 12.4. The topological polar surface area (TPSA) is 72.2 Å². The number of hydrogen-bond donors (Lipinski definition) is 1. The van der Waals surface area contributed by atoms with Gasteiger partial charge in [-0.1, -0.05) is 11.6 Å². The number of thiophene rings is 1. The zero-order valence-electron chi connectivity index (χ0n) is 9.22. The molecule has 0 saturated carbocycles. The number of nitro groups is 1. The molecule has 0 bridgehead atoms. The van der Waals surface area contributed by atoms with E-state index in [0.717, 1.165) is 3.79 Å². The number of benzene rings is 1. The van der Waals surface area contributed by atoms with Gasteiger partial charge in [-0.2, -0.15) is 0 Å². The number of halogens is 2. The van der Waals surface area contributed by atoms with Crippen LogP contribution in [0.3, 0.4) is 0 Å². The summed E-state index contributed by atoms with van der Waals surface area (Å²) < 4.78 is 0.833. The van der Waals surface area contributed by atoms with Crippen LogP contribution in [0.5, 0.6) is 0 Å². The van der Waals surface area contributed by atoms with E-state index in [4.69, 9.17) is 11.6 Å². The predicted octanol–water partition coefficient (Wildman–Crippen LogP) is 4.32. The molecule has 1 heterocycles. The SMILES string of the molecule is O=C(Nc1ccc(Cl)c([N+](=O)[O-])c1)c1ccc(Br)s1. The van der Waals surface area contributed by atoms with Crippen molar-refractivity contribution in [1.29, 1.82) is 0 Å². The number of nitrogens with zero attached hydrogens (tertiary/aromatic N) is 1. The summed E-state index contributed by atoms with van der Waals surface area (Å²) in [6.45, 7) is 0. The number of anilines is 1. The Morgan fingerprint density at radius 2 is 2.11 bits per heavy atom. The molecule has 1 amide bonds. The normalized spacial score (nSPS) is 10.2. The molecule has 5 nitrogen and oxygen atoms in total. The Morgan fingerprint density at radius 1 is 1.37 bits per heavy atom. The second-order valence-corrected chi connectivity index (χ2v) is 6.35. The molecule has 8 heteroatoms. The van der Waals surface area contributed by atoms with Crippen molar-refractivity contribution in [2.45, 2.75) is 0 Å². The molecule has 0 unspecified atom stereocenters. The van der Waals surface area contributed by atoms with Gasteiger partial charge in [-0.05, 0) is 40.2 Å². The van der Waals surface area contributed by atoms with Crippen molar-refractivity contribution in [2.75, 3.05) is 5.32 Å². The van der Waals surface area contributed by atoms with Crippen LogP contribution in [-0.2, 0) is 0 Å². The van der Waals surface area contributed by atoms with Crippen LogP contribution in [0.25, 0.3) is 0 Å². The van der Waals surface area contributed by atoms with Gasteiger partial charge in [0, 0.05) is 11.8 Å². The molecule has 0 saturated heterocycles. The molecule has 0 aliphatic heterocycles. The van der Waals surface area contributed by atoms with Crippen LogP contribution in [0.15, 0.2) is 34.1 Å². The Bertz CT molecular complexity index is 659. The van der Waals surface area contributed by atoms with Crippen molar-refractivity contribution >= 4 is 56.1 Å². The van der Waals surface area contributed by atoms with Gasteiger partial charge in [0.1, 0.15) is 5.02 Å². The van der Waals surface area contributed by atoms with E-state index in [9.17, 15) is 14.9 Å². The number of carbonyl (C=O) groups is 1. The molecule has 0 aliphatic rings.